The van der Waals surface area contributed by atoms with Crippen molar-refractivity contribution >= 4 is 27.5 Å². The molecule has 0 fully saturated rings. The summed E-state index contributed by atoms with van der Waals surface area (Å²) >= 11 is 9.41. The van der Waals surface area contributed by atoms with E-state index in [-0.39, 0.29) is 0 Å². The van der Waals surface area contributed by atoms with Crippen LogP contribution in [0.25, 0.3) is 0 Å². The molecule has 0 spiro atoms. The standard InChI is InChI=1S/C15H15BrClNO/c16-14-6-3-12(9-15(14)17)10-18-8-7-11-1-4-13(19)5-2-11/h1-6,9,18-19H,7-8,10H2. The van der Waals surface area contributed by atoms with Gasteiger partial charge in [0.25, 0.3) is 0 Å². The first-order valence-corrected chi connectivity index (χ1v) is 7.25. The summed E-state index contributed by atoms with van der Waals surface area (Å²) in [5.74, 6) is 0.307. The van der Waals surface area contributed by atoms with Crippen LogP contribution in [0, 0.1) is 0 Å². The first-order valence-electron chi connectivity index (χ1n) is 6.08. The van der Waals surface area contributed by atoms with Crippen LogP contribution in [0.4, 0.5) is 0 Å². The van der Waals surface area contributed by atoms with Crippen molar-refractivity contribution in [2.45, 2.75) is 13.0 Å². The molecule has 0 atom stereocenters. The van der Waals surface area contributed by atoms with Gasteiger partial charge in [-0.2, -0.15) is 0 Å². The first kappa shape index (κ1) is 14.4. The highest BCUT2D eigenvalue weighted by Gasteiger charge is 1.99. The lowest BCUT2D eigenvalue weighted by Gasteiger charge is -2.06. The number of hydrogen-bond acceptors (Lipinski definition) is 2. The molecule has 2 aromatic carbocycles. The van der Waals surface area contributed by atoms with Crippen LogP contribution in [-0.4, -0.2) is 11.7 Å². The highest BCUT2D eigenvalue weighted by molar-refractivity contribution is 9.10. The lowest BCUT2D eigenvalue weighted by Crippen LogP contribution is -2.16. The number of hydrogen-bond donors (Lipinski definition) is 2. The van der Waals surface area contributed by atoms with Crippen molar-refractivity contribution in [1.82, 2.24) is 5.32 Å². The molecule has 0 bridgehead atoms. The Morgan fingerprint density at radius 3 is 2.42 bits per heavy atom. The van der Waals surface area contributed by atoms with Gasteiger partial charge in [0, 0.05) is 11.0 Å². The molecule has 100 valence electrons. The van der Waals surface area contributed by atoms with Gasteiger partial charge in [0.15, 0.2) is 0 Å². The molecule has 2 rings (SSSR count). The van der Waals surface area contributed by atoms with E-state index in [4.69, 9.17) is 11.6 Å². The smallest absolute Gasteiger partial charge is 0.115 e. The summed E-state index contributed by atoms with van der Waals surface area (Å²) in [6.07, 6.45) is 0.935. The van der Waals surface area contributed by atoms with Gasteiger partial charge in [-0.3, -0.25) is 0 Å². The van der Waals surface area contributed by atoms with Crippen molar-refractivity contribution < 1.29 is 5.11 Å². The topological polar surface area (TPSA) is 32.3 Å². The van der Waals surface area contributed by atoms with Crippen LogP contribution in [0.15, 0.2) is 46.9 Å². The van der Waals surface area contributed by atoms with Gasteiger partial charge in [0.05, 0.1) is 5.02 Å². The fourth-order valence-corrected chi connectivity index (χ4v) is 2.23. The van der Waals surface area contributed by atoms with Crippen molar-refractivity contribution in [3.8, 4) is 5.75 Å². The van der Waals surface area contributed by atoms with Gasteiger partial charge in [-0.1, -0.05) is 29.8 Å². The Bertz CT molecular complexity index is 542. The molecule has 0 radical (unpaired) electrons. The van der Waals surface area contributed by atoms with E-state index >= 15 is 0 Å². The average molecular weight is 341 g/mol. The van der Waals surface area contributed by atoms with Gasteiger partial charge in [-0.25, -0.2) is 0 Å². The second kappa shape index (κ2) is 6.94. The monoisotopic (exact) mass is 339 g/mol. The van der Waals surface area contributed by atoms with E-state index in [1.807, 2.05) is 30.3 Å². The number of rotatable bonds is 5. The average Bonchev–Trinajstić information content (AvgIpc) is 2.41. The molecule has 2 N–H and O–H groups in total. The van der Waals surface area contributed by atoms with Crippen molar-refractivity contribution in [1.29, 1.82) is 0 Å². The van der Waals surface area contributed by atoms with Crippen molar-refractivity contribution in [3.63, 3.8) is 0 Å². The summed E-state index contributed by atoms with van der Waals surface area (Å²) in [4.78, 5) is 0. The molecule has 0 saturated carbocycles. The van der Waals surface area contributed by atoms with E-state index in [1.54, 1.807) is 12.1 Å². The van der Waals surface area contributed by atoms with Gasteiger partial charge < -0.3 is 10.4 Å². The van der Waals surface area contributed by atoms with E-state index in [1.165, 1.54) is 11.1 Å². The summed E-state index contributed by atoms with van der Waals surface area (Å²) in [7, 11) is 0. The highest BCUT2D eigenvalue weighted by Crippen LogP contribution is 2.23. The molecule has 4 heteroatoms. The third-order valence-electron chi connectivity index (χ3n) is 2.84. The van der Waals surface area contributed by atoms with Gasteiger partial charge >= 0.3 is 0 Å². The normalized spacial score (nSPS) is 10.6. The van der Waals surface area contributed by atoms with Crippen LogP contribution in [0.5, 0.6) is 5.75 Å². The number of phenolic OH excluding ortho intramolecular Hbond substituents is 1. The fraction of sp³-hybridized carbons (Fsp3) is 0.200. The van der Waals surface area contributed by atoms with Crippen molar-refractivity contribution in [3.05, 3.63) is 63.1 Å². The maximum atomic E-state index is 9.19. The fourth-order valence-electron chi connectivity index (χ4n) is 1.78. The second-order valence-corrected chi connectivity index (χ2v) is 5.60. The number of phenols is 1. The summed E-state index contributed by atoms with van der Waals surface area (Å²) in [5.41, 5.74) is 2.37. The molecule has 0 aliphatic carbocycles. The summed E-state index contributed by atoms with van der Waals surface area (Å²) in [6.45, 7) is 1.68. The minimum Gasteiger partial charge on any atom is -0.508 e. The number of nitrogens with one attached hydrogen (secondary N) is 1. The zero-order valence-electron chi connectivity index (χ0n) is 10.4. The van der Waals surface area contributed by atoms with Gasteiger partial charge in [-0.15, -0.1) is 0 Å². The largest absolute Gasteiger partial charge is 0.508 e. The minimum absolute atomic E-state index is 0.307. The number of halogens is 2. The highest BCUT2D eigenvalue weighted by atomic mass is 79.9. The van der Waals surface area contributed by atoms with E-state index in [2.05, 4.69) is 21.2 Å². The Labute approximate surface area is 126 Å². The van der Waals surface area contributed by atoms with Gasteiger partial charge in [-0.05, 0) is 64.3 Å². The minimum atomic E-state index is 0.307. The Morgan fingerprint density at radius 1 is 1.05 bits per heavy atom. The van der Waals surface area contributed by atoms with E-state index < -0.39 is 0 Å². The SMILES string of the molecule is Oc1ccc(CCNCc2ccc(Br)c(Cl)c2)cc1. The number of aromatic hydroxyl groups is 1. The molecule has 0 aliphatic rings. The zero-order valence-corrected chi connectivity index (χ0v) is 12.7. The maximum absolute atomic E-state index is 9.19. The third kappa shape index (κ3) is 4.53. The maximum Gasteiger partial charge on any atom is 0.115 e. The number of benzene rings is 2. The van der Waals surface area contributed by atoms with Crippen LogP contribution in [0.3, 0.4) is 0 Å². The molecular formula is C15H15BrClNO. The predicted octanol–water partition coefficient (Wildman–Crippen LogP) is 4.14. The Balaban J connectivity index is 1.77. The zero-order chi connectivity index (χ0) is 13.7. The van der Waals surface area contributed by atoms with Crippen molar-refractivity contribution in [2.24, 2.45) is 0 Å². The molecular weight excluding hydrogens is 326 g/mol. The lowest BCUT2D eigenvalue weighted by molar-refractivity contribution is 0.475. The Morgan fingerprint density at radius 2 is 1.74 bits per heavy atom. The Hall–Kier alpha value is -1.03. The molecule has 0 amide bonds. The van der Waals surface area contributed by atoms with Crippen LogP contribution >= 0.6 is 27.5 Å². The van der Waals surface area contributed by atoms with Crippen LogP contribution in [-0.2, 0) is 13.0 Å². The molecule has 0 aromatic heterocycles. The van der Waals surface area contributed by atoms with E-state index in [0.29, 0.717) is 5.75 Å². The molecule has 0 heterocycles. The van der Waals surface area contributed by atoms with E-state index in [9.17, 15) is 5.11 Å². The van der Waals surface area contributed by atoms with Crippen molar-refractivity contribution in [2.75, 3.05) is 6.54 Å². The van der Waals surface area contributed by atoms with E-state index in [0.717, 1.165) is 29.0 Å². The third-order valence-corrected chi connectivity index (χ3v) is 4.07. The molecule has 0 aliphatic heterocycles. The molecule has 2 nitrogen and oxygen atoms in total. The van der Waals surface area contributed by atoms with Gasteiger partial charge in [0.1, 0.15) is 5.75 Å². The summed E-state index contributed by atoms with van der Waals surface area (Å²) in [6, 6.07) is 13.3. The molecule has 0 unspecified atom stereocenters. The van der Waals surface area contributed by atoms with Crippen LogP contribution in [0.2, 0.25) is 5.02 Å². The van der Waals surface area contributed by atoms with Crippen LogP contribution < -0.4 is 5.32 Å². The molecule has 2 aromatic rings. The molecule has 0 saturated heterocycles. The quantitative estimate of drug-likeness (QED) is 0.802. The second-order valence-electron chi connectivity index (χ2n) is 4.34. The van der Waals surface area contributed by atoms with Crippen LogP contribution in [0.1, 0.15) is 11.1 Å². The molecule has 19 heavy (non-hydrogen) atoms. The lowest BCUT2D eigenvalue weighted by atomic mass is 10.1. The Kier molecular flexibility index (Phi) is 5.25. The first-order chi connectivity index (χ1) is 9.15. The predicted molar refractivity (Wildman–Crippen MR) is 82.7 cm³/mol. The van der Waals surface area contributed by atoms with Gasteiger partial charge in [0.2, 0.25) is 0 Å². The summed E-state index contributed by atoms with van der Waals surface area (Å²) < 4.78 is 0.919. The summed E-state index contributed by atoms with van der Waals surface area (Å²) in [5, 5.41) is 13.3.